The second-order valence-corrected chi connectivity index (χ2v) is 5.33. The highest BCUT2D eigenvalue weighted by molar-refractivity contribution is 5.46. The molecule has 0 amide bonds. The molecule has 17 heavy (non-hydrogen) atoms. The Balaban J connectivity index is 2.15. The van der Waals surface area contributed by atoms with Crippen molar-refractivity contribution >= 4 is 5.69 Å². The standard InChI is InChI=1S/C14H22N2O/c1-10(2)14-7-5-12(8-15-14)16-9-13(17)6-4-11(16)3/h5,7-8,10-11,13,17H,4,6,9H2,1-3H3/t11-,13?/m0/s1. The van der Waals surface area contributed by atoms with Crippen LogP contribution in [0.25, 0.3) is 0 Å². The number of hydrogen-bond acceptors (Lipinski definition) is 3. The number of piperidine rings is 1. The molecular weight excluding hydrogens is 212 g/mol. The number of anilines is 1. The second kappa shape index (κ2) is 5.05. The number of aromatic nitrogens is 1. The molecule has 2 heterocycles. The van der Waals surface area contributed by atoms with Crippen LogP contribution in [-0.4, -0.2) is 28.8 Å². The summed E-state index contributed by atoms with van der Waals surface area (Å²) in [7, 11) is 0. The molecule has 3 nitrogen and oxygen atoms in total. The highest BCUT2D eigenvalue weighted by Crippen LogP contribution is 2.25. The first kappa shape index (κ1) is 12.4. The molecule has 1 aromatic rings. The van der Waals surface area contributed by atoms with Gasteiger partial charge in [0.05, 0.1) is 18.0 Å². The summed E-state index contributed by atoms with van der Waals surface area (Å²) in [6.07, 6.45) is 3.70. The lowest BCUT2D eigenvalue weighted by Gasteiger charge is -2.37. The Kier molecular flexibility index (Phi) is 3.67. The molecule has 2 atom stereocenters. The van der Waals surface area contributed by atoms with E-state index in [0.717, 1.165) is 30.8 Å². The fraction of sp³-hybridized carbons (Fsp3) is 0.643. The van der Waals surface area contributed by atoms with Crippen LogP contribution in [0.1, 0.15) is 45.2 Å². The van der Waals surface area contributed by atoms with E-state index in [-0.39, 0.29) is 6.10 Å². The average molecular weight is 234 g/mol. The molecule has 0 aromatic carbocycles. The van der Waals surface area contributed by atoms with Crippen LogP contribution in [0.5, 0.6) is 0 Å². The van der Waals surface area contributed by atoms with Crippen molar-refractivity contribution in [1.29, 1.82) is 0 Å². The third-order valence-corrected chi connectivity index (χ3v) is 3.55. The molecule has 0 spiro atoms. The molecule has 2 rings (SSSR count). The zero-order chi connectivity index (χ0) is 12.4. The molecule has 3 heteroatoms. The van der Waals surface area contributed by atoms with Gasteiger partial charge in [0.2, 0.25) is 0 Å². The van der Waals surface area contributed by atoms with E-state index >= 15 is 0 Å². The molecule has 94 valence electrons. The maximum absolute atomic E-state index is 9.74. The third kappa shape index (κ3) is 2.78. The van der Waals surface area contributed by atoms with Crippen LogP contribution in [0.3, 0.4) is 0 Å². The molecule has 1 fully saturated rings. The van der Waals surface area contributed by atoms with Gasteiger partial charge in [-0.3, -0.25) is 4.98 Å². The molecule has 1 N–H and O–H groups in total. The van der Waals surface area contributed by atoms with Crippen LogP contribution in [-0.2, 0) is 0 Å². The molecule has 0 saturated carbocycles. The van der Waals surface area contributed by atoms with Gasteiger partial charge in [-0.05, 0) is 37.8 Å². The van der Waals surface area contributed by atoms with Crippen molar-refractivity contribution in [2.75, 3.05) is 11.4 Å². The van der Waals surface area contributed by atoms with E-state index in [9.17, 15) is 5.11 Å². The Hall–Kier alpha value is -1.09. The number of hydrogen-bond donors (Lipinski definition) is 1. The van der Waals surface area contributed by atoms with Crippen molar-refractivity contribution < 1.29 is 5.11 Å². The van der Waals surface area contributed by atoms with Crippen molar-refractivity contribution in [3.63, 3.8) is 0 Å². The van der Waals surface area contributed by atoms with E-state index in [2.05, 4.69) is 42.8 Å². The van der Waals surface area contributed by atoms with Crippen molar-refractivity contribution in [2.24, 2.45) is 0 Å². The minimum Gasteiger partial charge on any atom is -0.391 e. The first-order valence-corrected chi connectivity index (χ1v) is 6.48. The quantitative estimate of drug-likeness (QED) is 0.854. The number of aliphatic hydroxyl groups is 1. The smallest absolute Gasteiger partial charge is 0.0716 e. The topological polar surface area (TPSA) is 36.4 Å². The first-order chi connectivity index (χ1) is 8.08. The van der Waals surface area contributed by atoms with E-state index in [1.165, 1.54) is 0 Å². The summed E-state index contributed by atoms with van der Waals surface area (Å²) in [5.74, 6) is 0.466. The van der Waals surface area contributed by atoms with Crippen LogP contribution >= 0.6 is 0 Å². The normalized spacial score (nSPS) is 25.4. The van der Waals surface area contributed by atoms with Gasteiger partial charge in [0.1, 0.15) is 0 Å². The van der Waals surface area contributed by atoms with Gasteiger partial charge in [-0.25, -0.2) is 0 Å². The molecule has 1 saturated heterocycles. The average Bonchev–Trinajstić information content (AvgIpc) is 2.32. The van der Waals surface area contributed by atoms with Gasteiger partial charge in [0, 0.05) is 18.3 Å². The van der Waals surface area contributed by atoms with Gasteiger partial charge >= 0.3 is 0 Å². The summed E-state index contributed by atoms with van der Waals surface area (Å²) < 4.78 is 0. The predicted molar refractivity (Wildman–Crippen MR) is 70.4 cm³/mol. The lowest BCUT2D eigenvalue weighted by molar-refractivity contribution is 0.144. The molecule has 0 bridgehead atoms. The number of aliphatic hydroxyl groups excluding tert-OH is 1. The van der Waals surface area contributed by atoms with Crippen LogP contribution in [0.15, 0.2) is 18.3 Å². The summed E-state index contributed by atoms with van der Waals surface area (Å²) in [6, 6.07) is 4.70. The van der Waals surface area contributed by atoms with E-state index < -0.39 is 0 Å². The summed E-state index contributed by atoms with van der Waals surface area (Å²) in [5.41, 5.74) is 2.25. The fourth-order valence-electron chi connectivity index (χ4n) is 2.36. The lowest BCUT2D eigenvalue weighted by atomic mass is 10.0. The number of β-amino-alcohol motifs (C(OH)–C–C–N with tert-alkyl or cyclic N) is 1. The molecule has 0 radical (unpaired) electrons. The predicted octanol–water partition coefficient (Wildman–Crippen LogP) is 2.55. The van der Waals surface area contributed by atoms with Gasteiger partial charge < -0.3 is 10.0 Å². The van der Waals surface area contributed by atoms with Gasteiger partial charge in [-0.15, -0.1) is 0 Å². The summed E-state index contributed by atoms with van der Waals surface area (Å²) >= 11 is 0. The zero-order valence-corrected chi connectivity index (χ0v) is 10.9. The number of pyridine rings is 1. The van der Waals surface area contributed by atoms with Crippen molar-refractivity contribution in [3.8, 4) is 0 Å². The molecular formula is C14H22N2O. The van der Waals surface area contributed by atoms with E-state index in [0.29, 0.717) is 12.0 Å². The lowest BCUT2D eigenvalue weighted by Crippen LogP contribution is -2.44. The Morgan fingerprint density at radius 2 is 2.12 bits per heavy atom. The van der Waals surface area contributed by atoms with Crippen molar-refractivity contribution in [2.45, 2.75) is 51.7 Å². The molecule has 1 aliphatic heterocycles. The highest BCUT2D eigenvalue weighted by Gasteiger charge is 2.24. The summed E-state index contributed by atoms with van der Waals surface area (Å²) in [6.45, 7) is 7.23. The maximum Gasteiger partial charge on any atom is 0.0716 e. The van der Waals surface area contributed by atoms with Gasteiger partial charge in [-0.2, -0.15) is 0 Å². The zero-order valence-electron chi connectivity index (χ0n) is 10.9. The summed E-state index contributed by atoms with van der Waals surface area (Å²) in [4.78, 5) is 6.74. The van der Waals surface area contributed by atoms with Crippen LogP contribution in [0, 0.1) is 0 Å². The Bertz CT molecular complexity index is 361. The molecule has 0 aliphatic carbocycles. The van der Waals surface area contributed by atoms with Crippen LogP contribution in [0.4, 0.5) is 5.69 Å². The Labute approximate surface area is 103 Å². The van der Waals surface area contributed by atoms with E-state index in [1.54, 1.807) is 0 Å². The fourth-order valence-corrected chi connectivity index (χ4v) is 2.36. The monoisotopic (exact) mass is 234 g/mol. The molecule has 1 aromatic heterocycles. The first-order valence-electron chi connectivity index (χ1n) is 6.48. The van der Waals surface area contributed by atoms with E-state index in [1.807, 2.05) is 6.20 Å². The maximum atomic E-state index is 9.74. The minimum absolute atomic E-state index is 0.198. The highest BCUT2D eigenvalue weighted by atomic mass is 16.3. The van der Waals surface area contributed by atoms with Crippen molar-refractivity contribution in [1.82, 2.24) is 4.98 Å². The Morgan fingerprint density at radius 3 is 2.71 bits per heavy atom. The summed E-state index contributed by atoms with van der Waals surface area (Å²) in [5, 5.41) is 9.74. The van der Waals surface area contributed by atoms with Gasteiger partial charge in [0.25, 0.3) is 0 Å². The van der Waals surface area contributed by atoms with Crippen LogP contribution < -0.4 is 4.90 Å². The molecule has 1 unspecified atom stereocenters. The third-order valence-electron chi connectivity index (χ3n) is 3.55. The van der Waals surface area contributed by atoms with Gasteiger partial charge in [0.15, 0.2) is 0 Å². The second-order valence-electron chi connectivity index (χ2n) is 5.33. The Morgan fingerprint density at radius 1 is 1.35 bits per heavy atom. The van der Waals surface area contributed by atoms with Gasteiger partial charge in [-0.1, -0.05) is 13.8 Å². The largest absolute Gasteiger partial charge is 0.391 e. The van der Waals surface area contributed by atoms with E-state index in [4.69, 9.17) is 0 Å². The minimum atomic E-state index is -0.198. The molecule has 1 aliphatic rings. The van der Waals surface area contributed by atoms with Crippen LogP contribution in [0.2, 0.25) is 0 Å². The van der Waals surface area contributed by atoms with Crippen molar-refractivity contribution in [3.05, 3.63) is 24.0 Å². The SMILES string of the molecule is CC(C)c1ccc(N2CC(O)CC[C@@H]2C)cn1. The number of nitrogens with zero attached hydrogens (tertiary/aromatic N) is 2. The number of rotatable bonds is 2.